The van der Waals surface area contributed by atoms with Crippen molar-refractivity contribution < 1.29 is 5.21 Å². The minimum absolute atomic E-state index is 0.649. The molecule has 0 spiro atoms. The fraction of sp³-hybridized carbons (Fsp3) is 0.333. The molecule has 0 aliphatic heterocycles. The molecule has 0 amide bonds. The number of hydrogen-bond acceptors (Lipinski definition) is 2. The van der Waals surface area contributed by atoms with Gasteiger partial charge in [0.05, 0.1) is 0 Å². The first-order valence-electron chi connectivity index (χ1n) is 3.94. The molecule has 0 unspecified atom stereocenters. The Morgan fingerprint density at radius 1 is 1.25 bits per heavy atom. The smallest absolute Gasteiger partial charge is 0.0210 e. The van der Waals surface area contributed by atoms with Crippen LogP contribution >= 0.6 is 15.9 Å². The summed E-state index contributed by atoms with van der Waals surface area (Å²) in [5, 5.41) is 8.33. The highest BCUT2D eigenvalue weighted by molar-refractivity contribution is 9.10. The maximum Gasteiger partial charge on any atom is 0.0210 e. The Morgan fingerprint density at radius 3 is 2.50 bits per heavy atom. The van der Waals surface area contributed by atoms with E-state index >= 15 is 0 Å². The zero-order valence-electron chi connectivity index (χ0n) is 6.76. The molecule has 2 nitrogen and oxygen atoms in total. The van der Waals surface area contributed by atoms with Gasteiger partial charge in [0.1, 0.15) is 0 Å². The standard InChI is InChI=1S/C9H12BrNO/c10-9-5-3-8(4-6-9)2-1-7-11-12/h3-6,11-12H,1-2,7H2. The zero-order chi connectivity index (χ0) is 8.81. The molecule has 3 heteroatoms. The summed E-state index contributed by atoms with van der Waals surface area (Å²) >= 11 is 3.37. The van der Waals surface area contributed by atoms with Crippen LogP contribution in [0.15, 0.2) is 28.7 Å². The Balaban J connectivity index is 2.37. The van der Waals surface area contributed by atoms with Gasteiger partial charge in [-0.05, 0) is 30.5 Å². The van der Waals surface area contributed by atoms with Gasteiger partial charge in [0, 0.05) is 11.0 Å². The van der Waals surface area contributed by atoms with Crippen LogP contribution in [-0.2, 0) is 6.42 Å². The minimum Gasteiger partial charge on any atom is -0.317 e. The lowest BCUT2D eigenvalue weighted by atomic mass is 10.1. The first kappa shape index (κ1) is 9.71. The third-order valence-corrected chi connectivity index (χ3v) is 2.20. The van der Waals surface area contributed by atoms with Crippen molar-refractivity contribution >= 4 is 15.9 Å². The summed E-state index contributed by atoms with van der Waals surface area (Å²) in [5.74, 6) is 0. The van der Waals surface area contributed by atoms with Gasteiger partial charge in [-0.1, -0.05) is 28.1 Å². The summed E-state index contributed by atoms with van der Waals surface area (Å²) in [5.41, 5.74) is 3.44. The number of rotatable bonds is 4. The van der Waals surface area contributed by atoms with Crippen molar-refractivity contribution in [2.75, 3.05) is 6.54 Å². The van der Waals surface area contributed by atoms with Crippen molar-refractivity contribution in [3.8, 4) is 0 Å². The van der Waals surface area contributed by atoms with Crippen molar-refractivity contribution in [1.82, 2.24) is 5.48 Å². The van der Waals surface area contributed by atoms with E-state index < -0.39 is 0 Å². The quantitative estimate of drug-likeness (QED) is 0.614. The van der Waals surface area contributed by atoms with Crippen LogP contribution in [0.4, 0.5) is 0 Å². The van der Waals surface area contributed by atoms with E-state index in [1.807, 2.05) is 12.1 Å². The summed E-state index contributed by atoms with van der Waals surface area (Å²) in [6.45, 7) is 0.649. The normalized spacial score (nSPS) is 10.2. The summed E-state index contributed by atoms with van der Waals surface area (Å²) in [7, 11) is 0. The number of benzene rings is 1. The second-order valence-electron chi connectivity index (χ2n) is 2.64. The molecule has 0 atom stereocenters. The molecule has 0 saturated heterocycles. The minimum atomic E-state index is 0.649. The second-order valence-corrected chi connectivity index (χ2v) is 3.55. The van der Waals surface area contributed by atoms with Gasteiger partial charge in [-0.25, -0.2) is 5.48 Å². The predicted octanol–water partition coefficient (Wildman–Crippen LogP) is 2.36. The van der Waals surface area contributed by atoms with Crippen LogP contribution in [0, 0.1) is 0 Å². The molecule has 0 radical (unpaired) electrons. The fourth-order valence-electron chi connectivity index (χ4n) is 1.02. The largest absolute Gasteiger partial charge is 0.317 e. The maximum atomic E-state index is 8.33. The molecular weight excluding hydrogens is 218 g/mol. The van der Waals surface area contributed by atoms with Gasteiger partial charge in [0.2, 0.25) is 0 Å². The van der Waals surface area contributed by atoms with Gasteiger partial charge < -0.3 is 5.21 Å². The van der Waals surface area contributed by atoms with Crippen molar-refractivity contribution in [2.45, 2.75) is 12.8 Å². The van der Waals surface area contributed by atoms with Crippen molar-refractivity contribution in [1.29, 1.82) is 0 Å². The van der Waals surface area contributed by atoms with Crippen LogP contribution in [0.5, 0.6) is 0 Å². The lowest BCUT2D eigenvalue weighted by Crippen LogP contribution is -2.09. The average molecular weight is 230 g/mol. The molecule has 66 valence electrons. The molecular formula is C9H12BrNO. The molecule has 0 bridgehead atoms. The molecule has 0 fully saturated rings. The van der Waals surface area contributed by atoms with Crippen LogP contribution in [-0.4, -0.2) is 11.8 Å². The van der Waals surface area contributed by atoms with E-state index in [1.54, 1.807) is 0 Å². The Hall–Kier alpha value is -0.380. The van der Waals surface area contributed by atoms with Gasteiger partial charge in [-0.3, -0.25) is 0 Å². The highest BCUT2D eigenvalue weighted by atomic mass is 79.9. The van der Waals surface area contributed by atoms with E-state index in [4.69, 9.17) is 5.21 Å². The Bertz CT molecular complexity index is 222. The SMILES string of the molecule is ONCCCc1ccc(Br)cc1. The average Bonchev–Trinajstić information content (AvgIpc) is 2.09. The lowest BCUT2D eigenvalue weighted by molar-refractivity contribution is 0.166. The first-order valence-corrected chi connectivity index (χ1v) is 4.73. The monoisotopic (exact) mass is 229 g/mol. The molecule has 0 aliphatic rings. The third-order valence-electron chi connectivity index (χ3n) is 1.67. The molecule has 2 N–H and O–H groups in total. The fourth-order valence-corrected chi connectivity index (χ4v) is 1.29. The van der Waals surface area contributed by atoms with E-state index in [0.29, 0.717) is 6.54 Å². The van der Waals surface area contributed by atoms with Gasteiger partial charge in [-0.15, -0.1) is 0 Å². The second kappa shape index (κ2) is 5.30. The van der Waals surface area contributed by atoms with Crippen LogP contribution in [0.3, 0.4) is 0 Å². The number of hydroxylamine groups is 1. The highest BCUT2D eigenvalue weighted by Gasteiger charge is 1.92. The summed E-state index contributed by atoms with van der Waals surface area (Å²) in [4.78, 5) is 0. The number of aryl methyl sites for hydroxylation is 1. The van der Waals surface area contributed by atoms with E-state index in [9.17, 15) is 0 Å². The van der Waals surface area contributed by atoms with Gasteiger partial charge in [-0.2, -0.15) is 0 Å². The Morgan fingerprint density at radius 2 is 1.92 bits per heavy atom. The number of nitrogens with one attached hydrogen (secondary N) is 1. The van der Waals surface area contributed by atoms with Crippen molar-refractivity contribution in [2.24, 2.45) is 0 Å². The first-order chi connectivity index (χ1) is 5.83. The predicted molar refractivity (Wildman–Crippen MR) is 52.3 cm³/mol. The molecule has 0 aromatic heterocycles. The number of hydrogen-bond donors (Lipinski definition) is 2. The van der Waals surface area contributed by atoms with Crippen LogP contribution in [0.25, 0.3) is 0 Å². The maximum absolute atomic E-state index is 8.33. The molecule has 1 aromatic rings. The molecule has 0 aliphatic carbocycles. The number of halogens is 1. The van der Waals surface area contributed by atoms with Gasteiger partial charge in [0.25, 0.3) is 0 Å². The zero-order valence-corrected chi connectivity index (χ0v) is 8.34. The molecule has 1 rings (SSSR count). The topological polar surface area (TPSA) is 32.3 Å². The van der Waals surface area contributed by atoms with E-state index in [2.05, 4.69) is 33.5 Å². The lowest BCUT2D eigenvalue weighted by Gasteiger charge is -2.00. The molecule has 0 saturated carbocycles. The van der Waals surface area contributed by atoms with E-state index in [-0.39, 0.29) is 0 Å². The van der Waals surface area contributed by atoms with Gasteiger partial charge >= 0.3 is 0 Å². The van der Waals surface area contributed by atoms with E-state index in [1.165, 1.54) is 5.56 Å². The molecule has 0 heterocycles. The van der Waals surface area contributed by atoms with Crippen LogP contribution in [0.1, 0.15) is 12.0 Å². The Kier molecular flexibility index (Phi) is 4.29. The van der Waals surface area contributed by atoms with Crippen molar-refractivity contribution in [3.05, 3.63) is 34.3 Å². The third kappa shape index (κ3) is 3.34. The van der Waals surface area contributed by atoms with Crippen LogP contribution < -0.4 is 5.48 Å². The van der Waals surface area contributed by atoms with Crippen LogP contribution in [0.2, 0.25) is 0 Å². The Labute approximate surface area is 80.7 Å². The summed E-state index contributed by atoms with van der Waals surface area (Å²) < 4.78 is 1.10. The van der Waals surface area contributed by atoms with Gasteiger partial charge in [0.15, 0.2) is 0 Å². The van der Waals surface area contributed by atoms with E-state index in [0.717, 1.165) is 17.3 Å². The van der Waals surface area contributed by atoms with Crippen molar-refractivity contribution in [3.63, 3.8) is 0 Å². The molecule has 1 aromatic carbocycles. The highest BCUT2D eigenvalue weighted by Crippen LogP contribution is 2.11. The summed E-state index contributed by atoms with van der Waals surface area (Å²) in [6.07, 6.45) is 1.96. The summed E-state index contributed by atoms with van der Waals surface area (Å²) in [6, 6.07) is 8.23. The molecule has 12 heavy (non-hydrogen) atoms.